The van der Waals surface area contributed by atoms with Gasteiger partial charge in [0.2, 0.25) is 0 Å². The molecule has 0 saturated carbocycles. The van der Waals surface area contributed by atoms with E-state index in [0.29, 0.717) is 0 Å². The molecule has 1 heterocycles. The molecule has 0 fully saturated rings. The van der Waals surface area contributed by atoms with Crippen molar-refractivity contribution in [2.24, 2.45) is 0 Å². The van der Waals surface area contributed by atoms with Crippen molar-refractivity contribution in [2.75, 3.05) is 13.7 Å². The smallest absolute Gasteiger partial charge is 0.138 e. The molecule has 1 N–H and O–H groups in total. The van der Waals surface area contributed by atoms with E-state index in [9.17, 15) is 0 Å². The SMILES string of the molecule is CCCOc1cncc(-c2ccc(CNC)cc2C)c1. The van der Waals surface area contributed by atoms with Crippen LogP contribution in [0.15, 0.2) is 36.7 Å². The fourth-order valence-electron chi connectivity index (χ4n) is 2.23. The number of aromatic nitrogens is 1. The fourth-order valence-corrected chi connectivity index (χ4v) is 2.23. The number of nitrogens with one attached hydrogen (secondary N) is 1. The lowest BCUT2D eigenvalue weighted by Crippen LogP contribution is -2.05. The molecule has 0 amide bonds. The standard InChI is InChI=1S/C17H22N2O/c1-4-7-20-16-9-15(11-19-12-16)17-6-5-14(10-18-3)8-13(17)2/h5-6,8-9,11-12,18H,4,7,10H2,1-3H3. The molecule has 20 heavy (non-hydrogen) atoms. The van der Waals surface area contributed by atoms with Crippen LogP contribution in [0.1, 0.15) is 24.5 Å². The number of rotatable bonds is 6. The van der Waals surface area contributed by atoms with Crippen molar-refractivity contribution < 1.29 is 4.74 Å². The molecule has 0 radical (unpaired) electrons. The lowest BCUT2D eigenvalue weighted by atomic mass is 9.99. The van der Waals surface area contributed by atoms with Gasteiger partial charge in [-0.3, -0.25) is 4.98 Å². The summed E-state index contributed by atoms with van der Waals surface area (Å²) in [6.07, 6.45) is 4.66. The highest BCUT2D eigenvalue weighted by atomic mass is 16.5. The Morgan fingerprint density at radius 3 is 2.75 bits per heavy atom. The Morgan fingerprint density at radius 1 is 1.20 bits per heavy atom. The quantitative estimate of drug-likeness (QED) is 0.871. The summed E-state index contributed by atoms with van der Waals surface area (Å²) < 4.78 is 5.65. The largest absolute Gasteiger partial charge is 0.492 e. The Morgan fingerprint density at radius 2 is 2.05 bits per heavy atom. The van der Waals surface area contributed by atoms with Crippen LogP contribution < -0.4 is 10.1 Å². The Kier molecular flexibility index (Phi) is 5.13. The molecule has 0 bridgehead atoms. The molecule has 0 spiro atoms. The monoisotopic (exact) mass is 270 g/mol. The van der Waals surface area contributed by atoms with E-state index in [1.807, 2.05) is 13.2 Å². The molecule has 1 aromatic heterocycles. The number of nitrogens with zero attached hydrogens (tertiary/aromatic N) is 1. The van der Waals surface area contributed by atoms with E-state index in [4.69, 9.17) is 4.74 Å². The van der Waals surface area contributed by atoms with Crippen LogP contribution in [0.25, 0.3) is 11.1 Å². The maximum Gasteiger partial charge on any atom is 0.138 e. The maximum atomic E-state index is 5.65. The van der Waals surface area contributed by atoms with Gasteiger partial charge >= 0.3 is 0 Å². The minimum absolute atomic E-state index is 0.727. The Bertz CT molecular complexity index is 567. The zero-order valence-corrected chi connectivity index (χ0v) is 12.4. The van der Waals surface area contributed by atoms with E-state index in [0.717, 1.165) is 30.9 Å². The summed E-state index contributed by atoms with van der Waals surface area (Å²) in [6, 6.07) is 8.58. The molecule has 0 saturated heterocycles. The van der Waals surface area contributed by atoms with Gasteiger partial charge in [-0.2, -0.15) is 0 Å². The third-order valence-electron chi connectivity index (χ3n) is 3.17. The number of hydrogen-bond acceptors (Lipinski definition) is 3. The normalized spacial score (nSPS) is 10.6. The molecule has 0 aliphatic rings. The Hall–Kier alpha value is -1.87. The van der Waals surface area contributed by atoms with E-state index < -0.39 is 0 Å². The van der Waals surface area contributed by atoms with Gasteiger partial charge in [-0.15, -0.1) is 0 Å². The predicted octanol–water partition coefficient (Wildman–Crippen LogP) is 3.57. The zero-order chi connectivity index (χ0) is 14.4. The average Bonchev–Trinajstić information content (AvgIpc) is 2.46. The van der Waals surface area contributed by atoms with Crippen molar-refractivity contribution in [3.63, 3.8) is 0 Å². The number of hydrogen-bond donors (Lipinski definition) is 1. The topological polar surface area (TPSA) is 34.1 Å². The Balaban J connectivity index is 2.26. The van der Waals surface area contributed by atoms with E-state index >= 15 is 0 Å². The van der Waals surface area contributed by atoms with Crippen LogP contribution in [0.3, 0.4) is 0 Å². The Labute approximate surface area is 121 Å². The minimum atomic E-state index is 0.727. The van der Waals surface area contributed by atoms with Crippen LogP contribution in [0.2, 0.25) is 0 Å². The first-order valence-corrected chi connectivity index (χ1v) is 7.07. The highest BCUT2D eigenvalue weighted by molar-refractivity contribution is 5.67. The van der Waals surface area contributed by atoms with Crippen LogP contribution in [0.5, 0.6) is 5.75 Å². The average molecular weight is 270 g/mol. The number of aryl methyl sites for hydroxylation is 1. The molecule has 0 aliphatic heterocycles. The van der Waals surface area contributed by atoms with Crippen molar-refractivity contribution >= 4 is 0 Å². The highest BCUT2D eigenvalue weighted by Crippen LogP contribution is 2.26. The zero-order valence-electron chi connectivity index (χ0n) is 12.4. The summed E-state index contributed by atoms with van der Waals surface area (Å²) in [4.78, 5) is 4.28. The lowest BCUT2D eigenvalue weighted by molar-refractivity contribution is 0.316. The first-order chi connectivity index (χ1) is 9.74. The molecular formula is C17H22N2O. The van der Waals surface area contributed by atoms with Crippen molar-refractivity contribution in [3.8, 4) is 16.9 Å². The van der Waals surface area contributed by atoms with Gasteiger partial charge < -0.3 is 10.1 Å². The van der Waals surface area contributed by atoms with Gasteiger partial charge in [-0.1, -0.05) is 25.1 Å². The molecule has 3 nitrogen and oxygen atoms in total. The highest BCUT2D eigenvalue weighted by Gasteiger charge is 2.05. The summed E-state index contributed by atoms with van der Waals surface area (Å²) >= 11 is 0. The second kappa shape index (κ2) is 7.06. The van der Waals surface area contributed by atoms with Crippen LogP contribution in [-0.4, -0.2) is 18.6 Å². The number of pyridine rings is 1. The number of benzene rings is 1. The van der Waals surface area contributed by atoms with Crippen LogP contribution in [0, 0.1) is 6.92 Å². The molecule has 2 rings (SSSR count). The molecule has 3 heteroatoms. The maximum absolute atomic E-state index is 5.65. The lowest BCUT2D eigenvalue weighted by Gasteiger charge is -2.10. The van der Waals surface area contributed by atoms with Crippen LogP contribution in [-0.2, 0) is 6.54 Å². The minimum Gasteiger partial charge on any atom is -0.492 e. The van der Waals surface area contributed by atoms with Crippen LogP contribution >= 0.6 is 0 Å². The second-order valence-corrected chi connectivity index (χ2v) is 4.94. The van der Waals surface area contributed by atoms with Gasteiger partial charge in [-0.05, 0) is 43.1 Å². The molecule has 1 aromatic carbocycles. The summed E-state index contributed by atoms with van der Waals surface area (Å²) in [6.45, 7) is 5.85. The number of ether oxygens (including phenoxy) is 1. The van der Waals surface area contributed by atoms with Gasteiger partial charge in [0.05, 0.1) is 12.8 Å². The van der Waals surface area contributed by atoms with Crippen molar-refractivity contribution in [3.05, 3.63) is 47.8 Å². The third kappa shape index (κ3) is 3.58. The summed E-state index contributed by atoms with van der Waals surface area (Å²) in [5.41, 5.74) is 4.86. The van der Waals surface area contributed by atoms with Gasteiger partial charge in [0.1, 0.15) is 5.75 Å². The van der Waals surface area contributed by atoms with E-state index in [1.165, 1.54) is 16.7 Å². The molecule has 2 aromatic rings. The second-order valence-electron chi connectivity index (χ2n) is 4.94. The van der Waals surface area contributed by atoms with Gasteiger partial charge in [0.15, 0.2) is 0 Å². The fraction of sp³-hybridized carbons (Fsp3) is 0.353. The molecule has 0 unspecified atom stereocenters. The molecular weight excluding hydrogens is 248 g/mol. The summed E-state index contributed by atoms with van der Waals surface area (Å²) in [7, 11) is 1.96. The van der Waals surface area contributed by atoms with Gasteiger partial charge in [-0.25, -0.2) is 0 Å². The summed E-state index contributed by atoms with van der Waals surface area (Å²) in [5, 5.41) is 3.17. The first-order valence-electron chi connectivity index (χ1n) is 7.07. The van der Waals surface area contributed by atoms with Crippen LogP contribution in [0.4, 0.5) is 0 Å². The molecule has 106 valence electrons. The van der Waals surface area contributed by atoms with Gasteiger partial charge in [0, 0.05) is 18.3 Å². The third-order valence-corrected chi connectivity index (χ3v) is 3.17. The predicted molar refractivity (Wildman–Crippen MR) is 83.0 cm³/mol. The van der Waals surface area contributed by atoms with E-state index in [2.05, 4.69) is 48.4 Å². The van der Waals surface area contributed by atoms with Crippen molar-refractivity contribution in [1.29, 1.82) is 0 Å². The molecule has 0 aliphatic carbocycles. The summed E-state index contributed by atoms with van der Waals surface area (Å²) in [5.74, 6) is 0.836. The van der Waals surface area contributed by atoms with Crippen molar-refractivity contribution in [2.45, 2.75) is 26.8 Å². The first kappa shape index (κ1) is 14.5. The van der Waals surface area contributed by atoms with E-state index in [1.54, 1.807) is 6.20 Å². The van der Waals surface area contributed by atoms with Gasteiger partial charge in [0.25, 0.3) is 0 Å². The van der Waals surface area contributed by atoms with Crippen molar-refractivity contribution in [1.82, 2.24) is 10.3 Å². The molecule has 0 atom stereocenters. The van der Waals surface area contributed by atoms with E-state index in [-0.39, 0.29) is 0 Å².